The van der Waals surface area contributed by atoms with E-state index in [1.54, 1.807) is 0 Å². The van der Waals surface area contributed by atoms with E-state index in [0.717, 1.165) is 50.1 Å². The molecule has 156 valence electrons. The number of nitrogens with one attached hydrogen (secondary N) is 1. The molecule has 3 N–H and O–H groups in total. The molecule has 0 bridgehead atoms. The van der Waals surface area contributed by atoms with Gasteiger partial charge >= 0.3 is 0 Å². The number of nitrogens with zero attached hydrogens (tertiary/aromatic N) is 1. The highest BCUT2D eigenvalue weighted by molar-refractivity contribution is 5.93. The highest BCUT2D eigenvalue weighted by Gasteiger charge is 2.14. The van der Waals surface area contributed by atoms with Gasteiger partial charge < -0.3 is 20.5 Å². The van der Waals surface area contributed by atoms with Gasteiger partial charge in [-0.2, -0.15) is 0 Å². The summed E-state index contributed by atoms with van der Waals surface area (Å²) in [5.74, 6) is 0.451. The molecule has 0 aromatic heterocycles. The van der Waals surface area contributed by atoms with E-state index in [1.807, 2.05) is 0 Å². The first-order chi connectivity index (χ1) is 14.2. The maximum Gasteiger partial charge on any atom is 0.193 e. The smallest absolute Gasteiger partial charge is 0.193 e. The summed E-state index contributed by atoms with van der Waals surface area (Å²) in [6.45, 7) is 7.11. The van der Waals surface area contributed by atoms with Crippen LogP contribution in [0, 0.1) is 0 Å². The van der Waals surface area contributed by atoms with Gasteiger partial charge in [0.1, 0.15) is 0 Å². The zero-order valence-corrected chi connectivity index (χ0v) is 17.6. The zero-order valence-electron chi connectivity index (χ0n) is 17.6. The van der Waals surface area contributed by atoms with E-state index in [4.69, 9.17) is 15.2 Å². The highest BCUT2D eigenvalue weighted by atomic mass is 16.5. The summed E-state index contributed by atoms with van der Waals surface area (Å²) in [4.78, 5) is 4.53. The van der Waals surface area contributed by atoms with Crippen molar-refractivity contribution < 1.29 is 9.47 Å². The van der Waals surface area contributed by atoms with E-state index in [2.05, 4.69) is 66.6 Å². The average Bonchev–Trinajstić information content (AvgIpc) is 2.77. The number of ether oxygens (including phenoxy) is 2. The molecule has 1 aliphatic heterocycles. The van der Waals surface area contributed by atoms with Gasteiger partial charge in [0.05, 0.1) is 19.3 Å². The van der Waals surface area contributed by atoms with Gasteiger partial charge in [0.15, 0.2) is 5.96 Å². The second kappa shape index (κ2) is 11.0. The number of para-hydroxylation sites is 1. The lowest BCUT2D eigenvalue weighted by molar-refractivity contribution is -0.0390. The van der Waals surface area contributed by atoms with Crippen LogP contribution in [0.1, 0.15) is 48.9 Å². The molecule has 0 unspecified atom stereocenters. The maximum atomic E-state index is 6.17. The van der Waals surface area contributed by atoms with E-state index < -0.39 is 0 Å². The summed E-state index contributed by atoms with van der Waals surface area (Å²) in [5, 5.41) is 3.32. The zero-order chi connectivity index (χ0) is 20.5. The lowest BCUT2D eigenvalue weighted by Gasteiger charge is -2.22. The highest BCUT2D eigenvalue weighted by Crippen LogP contribution is 2.22. The van der Waals surface area contributed by atoms with Crippen molar-refractivity contribution in [3.05, 3.63) is 64.7 Å². The largest absolute Gasteiger partial charge is 0.381 e. The molecule has 2 aromatic rings. The van der Waals surface area contributed by atoms with Gasteiger partial charge in [-0.25, -0.2) is 4.99 Å². The number of nitrogens with two attached hydrogens (primary N) is 1. The number of hydrogen-bond acceptors (Lipinski definition) is 3. The fraction of sp³-hybridized carbons (Fsp3) is 0.458. The summed E-state index contributed by atoms with van der Waals surface area (Å²) in [6.07, 6.45) is 4.21. The van der Waals surface area contributed by atoms with Gasteiger partial charge in [-0.3, -0.25) is 0 Å². The third-order valence-corrected chi connectivity index (χ3v) is 5.36. The molecule has 0 spiro atoms. The first-order valence-corrected chi connectivity index (χ1v) is 10.6. The monoisotopic (exact) mass is 395 g/mol. The van der Waals surface area contributed by atoms with E-state index in [1.165, 1.54) is 16.7 Å². The first kappa shape index (κ1) is 21.3. The fourth-order valence-corrected chi connectivity index (χ4v) is 3.54. The minimum absolute atomic E-state index is 0.318. The Morgan fingerprint density at radius 1 is 1.03 bits per heavy atom. The number of aryl methyl sites for hydroxylation is 2. The molecule has 0 saturated carbocycles. The van der Waals surface area contributed by atoms with Gasteiger partial charge in [-0.05, 0) is 47.9 Å². The lowest BCUT2D eigenvalue weighted by Crippen LogP contribution is -2.24. The number of benzene rings is 2. The van der Waals surface area contributed by atoms with Crippen LogP contribution in [0.3, 0.4) is 0 Å². The summed E-state index contributed by atoms with van der Waals surface area (Å²) < 4.78 is 11.3. The minimum atomic E-state index is 0.318. The van der Waals surface area contributed by atoms with Crippen LogP contribution in [-0.4, -0.2) is 25.3 Å². The van der Waals surface area contributed by atoms with Crippen molar-refractivity contribution in [1.82, 2.24) is 0 Å². The van der Waals surface area contributed by atoms with Crippen molar-refractivity contribution in [1.29, 1.82) is 0 Å². The third-order valence-electron chi connectivity index (χ3n) is 5.36. The molecule has 2 aromatic carbocycles. The van der Waals surface area contributed by atoms with Crippen molar-refractivity contribution >= 4 is 11.6 Å². The summed E-state index contributed by atoms with van der Waals surface area (Å²) in [6, 6.07) is 14.8. The van der Waals surface area contributed by atoms with Crippen molar-refractivity contribution in [3.8, 4) is 0 Å². The predicted molar refractivity (Wildman–Crippen MR) is 119 cm³/mol. The molecule has 1 heterocycles. The Bertz CT molecular complexity index is 774. The van der Waals surface area contributed by atoms with Gasteiger partial charge in [0, 0.05) is 18.9 Å². The number of anilines is 1. The molecule has 1 saturated heterocycles. The van der Waals surface area contributed by atoms with Crippen LogP contribution < -0.4 is 11.1 Å². The maximum absolute atomic E-state index is 6.17. The number of aliphatic imine (C=N–C) groups is 1. The van der Waals surface area contributed by atoms with Gasteiger partial charge in [-0.1, -0.05) is 56.3 Å². The van der Waals surface area contributed by atoms with Crippen LogP contribution in [-0.2, 0) is 35.5 Å². The summed E-state index contributed by atoms with van der Waals surface area (Å²) in [7, 11) is 0. The van der Waals surface area contributed by atoms with Crippen LogP contribution in [0.2, 0.25) is 0 Å². The quantitative estimate of drug-likeness (QED) is 0.512. The molecule has 1 fully saturated rings. The predicted octanol–water partition coefficient (Wildman–Crippen LogP) is 4.43. The molecule has 29 heavy (non-hydrogen) atoms. The molecule has 5 nitrogen and oxygen atoms in total. The second-order valence-electron chi connectivity index (χ2n) is 7.42. The van der Waals surface area contributed by atoms with Crippen molar-refractivity contribution in [2.45, 2.75) is 58.8 Å². The minimum Gasteiger partial charge on any atom is -0.381 e. The van der Waals surface area contributed by atoms with Gasteiger partial charge in [0.25, 0.3) is 0 Å². The fourth-order valence-electron chi connectivity index (χ4n) is 3.54. The van der Waals surface area contributed by atoms with Crippen molar-refractivity contribution in [2.24, 2.45) is 10.7 Å². The molecule has 3 rings (SSSR count). The standard InChI is InChI=1S/C24H33N3O2/c1-3-20-6-5-7-21(4-2)23(20)27-24(25)26-16-18-8-10-19(11-9-18)17-29-22-12-14-28-15-13-22/h5-11,22H,3-4,12-17H2,1-2H3,(H3,25,26,27). The Hall–Kier alpha value is -2.37. The lowest BCUT2D eigenvalue weighted by atomic mass is 10.0. The Kier molecular flexibility index (Phi) is 8.08. The number of rotatable bonds is 8. The molecule has 0 atom stereocenters. The van der Waals surface area contributed by atoms with E-state index in [0.29, 0.717) is 25.2 Å². The molecule has 0 aliphatic carbocycles. The topological polar surface area (TPSA) is 68.9 Å². The van der Waals surface area contributed by atoms with Crippen LogP contribution in [0.5, 0.6) is 0 Å². The number of guanidine groups is 1. The molecule has 5 heteroatoms. The molecular weight excluding hydrogens is 362 g/mol. The van der Waals surface area contributed by atoms with Crippen LogP contribution in [0.25, 0.3) is 0 Å². The Labute approximate surface area is 174 Å². The Balaban J connectivity index is 1.54. The van der Waals surface area contributed by atoms with Crippen molar-refractivity contribution in [3.63, 3.8) is 0 Å². The molecule has 1 aliphatic rings. The summed E-state index contributed by atoms with van der Waals surface area (Å²) >= 11 is 0. The van der Waals surface area contributed by atoms with E-state index in [9.17, 15) is 0 Å². The van der Waals surface area contributed by atoms with Gasteiger partial charge in [-0.15, -0.1) is 0 Å². The van der Waals surface area contributed by atoms with Gasteiger partial charge in [0.2, 0.25) is 0 Å². The van der Waals surface area contributed by atoms with Crippen LogP contribution in [0.4, 0.5) is 5.69 Å². The number of hydrogen-bond donors (Lipinski definition) is 2. The molecular formula is C24H33N3O2. The molecule has 0 amide bonds. The van der Waals surface area contributed by atoms with Crippen LogP contribution in [0.15, 0.2) is 47.5 Å². The third kappa shape index (κ3) is 6.31. The molecule has 0 radical (unpaired) electrons. The van der Waals surface area contributed by atoms with Crippen molar-refractivity contribution in [2.75, 3.05) is 18.5 Å². The second-order valence-corrected chi connectivity index (χ2v) is 7.42. The SMILES string of the molecule is CCc1cccc(CC)c1NC(N)=NCc1ccc(COC2CCOCC2)cc1. The average molecular weight is 396 g/mol. The normalized spacial score (nSPS) is 15.4. The first-order valence-electron chi connectivity index (χ1n) is 10.6. The summed E-state index contributed by atoms with van der Waals surface area (Å²) in [5.41, 5.74) is 12.1. The van der Waals surface area contributed by atoms with E-state index >= 15 is 0 Å². The Morgan fingerprint density at radius 2 is 1.66 bits per heavy atom. The Morgan fingerprint density at radius 3 is 2.28 bits per heavy atom. The van der Waals surface area contributed by atoms with Crippen LogP contribution >= 0.6 is 0 Å². The van der Waals surface area contributed by atoms with E-state index in [-0.39, 0.29) is 0 Å².